The number of phenols is 1. The third kappa shape index (κ3) is 9.97. The number of phenolic OH excluding ortho intramolecular Hbond substituents is 1. The number of nitrogens with one attached hydrogen (secondary N) is 3. The number of primary amides is 1. The van der Waals surface area contributed by atoms with Crippen LogP contribution in [0.25, 0.3) is 0 Å². The maximum Gasteiger partial charge on any atom is 0.322 e. The Bertz CT molecular complexity index is 859. The molecular weight excluding hydrogens is 438 g/mol. The fourth-order valence-electron chi connectivity index (χ4n) is 2.74. The molecule has 13 heteroatoms. The molecule has 1 aromatic rings. The molecule has 0 heterocycles. The third-order valence-electron chi connectivity index (χ3n) is 4.52. The molecule has 0 saturated carbocycles. The van der Waals surface area contributed by atoms with Crippen molar-refractivity contribution in [1.29, 1.82) is 0 Å². The molecule has 0 bridgehead atoms. The molecule has 182 valence electrons. The maximum atomic E-state index is 12.7. The molecule has 0 aliphatic carbocycles. The molecule has 0 spiro atoms. The highest BCUT2D eigenvalue weighted by Gasteiger charge is 2.31. The van der Waals surface area contributed by atoms with Crippen LogP contribution in [0.4, 0.5) is 0 Å². The van der Waals surface area contributed by atoms with Gasteiger partial charge in [-0.2, -0.15) is 0 Å². The van der Waals surface area contributed by atoms with Crippen LogP contribution < -0.4 is 27.4 Å². The highest BCUT2D eigenvalue weighted by Crippen LogP contribution is 2.11. The number of carboxylic acid groups (broad SMARTS) is 1. The van der Waals surface area contributed by atoms with Gasteiger partial charge in [0.2, 0.25) is 23.6 Å². The molecule has 0 radical (unpaired) electrons. The van der Waals surface area contributed by atoms with Crippen LogP contribution in [0.2, 0.25) is 0 Å². The van der Waals surface area contributed by atoms with Gasteiger partial charge in [-0.05, 0) is 37.5 Å². The minimum absolute atomic E-state index is 0.0417. The Balaban J connectivity index is 2.88. The van der Waals surface area contributed by atoms with Crippen LogP contribution in [0, 0.1) is 0 Å². The molecule has 4 atom stereocenters. The summed E-state index contributed by atoms with van der Waals surface area (Å²) in [5.41, 5.74) is 11.7. The van der Waals surface area contributed by atoms with E-state index in [1.165, 1.54) is 19.1 Å². The molecule has 0 aliphatic heterocycles. The van der Waals surface area contributed by atoms with E-state index >= 15 is 0 Å². The summed E-state index contributed by atoms with van der Waals surface area (Å²) in [6, 6.07) is 2.08. The first-order chi connectivity index (χ1) is 15.4. The maximum absolute atomic E-state index is 12.7. The summed E-state index contributed by atoms with van der Waals surface area (Å²) in [5, 5.41) is 34.5. The molecule has 4 amide bonds. The molecule has 0 saturated heterocycles. The predicted molar refractivity (Wildman–Crippen MR) is 114 cm³/mol. The summed E-state index contributed by atoms with van der Waals surface area (Å²) in [6.45, 7) is 0.474. The Kier molecular flexibility index (Phi) is 10.7. The van der Waals surface area contributed by atoms with E-state index in [2.05, 4.69) is 10.6 Å². The second-order valence-corrected chi connectivity index (χ2v) is 7.38. The number of benzene rings is 1. The minimum atomic E-state index is -1.52. The lowest BCUT2D eigenvalue weighted by atomic mass is 10.0. The number of carboxylic acids is 1. The van der Waals surface area contributed by atoms with Crippen molar-refractivity contribution in [1.82, 2.24) is 16.0 Å². The summed E-state index contributed by atoms with van der Waals surface area (Å²) in [7, 11) is 0. The van der Waals surface area contributed by atoms with Crippen LogP contribution in [-0.4, -0.2) is 75.7 Å². The summed E-state index contributed by atoms with van der Waals surface area (Å²) in [4.78, 5) is 59.2. The van der Waals surface area contributed by atoms with Crippen LogP contribution in [0.15, 0.2) is 24.3 Å². The summed E-state index contributed by atoms with van der Waals surface area (Å²) in [6.07, 6.45) is -1.78. The van der Waals surface area contributed by atoms with E-state index in [-0.39, 0.29) is 25.0 Å². The molecule has 0 aromatic heterocycles. The fourth-order valence-corrected chi connectivity index (χ4v) is 2.74. The SMILES string of the molecule is CC(O)C(NC(=O)C(CCC(N)=O)NC(=O)C(N)Cc1ccc(O)cc1)C(=O)NCC(=O)O. The van der Waals surface area contributed by atoms with Gasteiger partial charge >= 0.3 is 5.97 Å². The second kappa shape index (κ2) is 13.0. The van der Waals surface area contributed by atoms with Crippen molar-refractivity contribution in [3.8, 4) is 5.75 Å². The van der Waals surface area contributed by atoms with Crippen LogP contribution in [0.5, 0.6) is 5.75 Å². The van der Waals surface area contributed by atoms with Crippen LogP contribution in [0.1, 0.15) is 25.3 Å². The van der Waals surface area contributed by atoms with Gasteiger partial charge < -0.3 is 42.7 Å². The van der Waals surface area contributed by atoms with Crippen molar-refractivity contribution in [2.75, 3.05) is 6.54 Å². The smallest absolute Gasteiger partial charge is 0.322 e. The van der Waals surface area contributed by atoms with Crippen molar-refractivity contribution in [2.45, 2.75) is 50.4 Å². The van der Waals surface area contributed by atoms with Crippen molar-refractivity contribution >= 4 is 29.6 Å². The number of aromatic hydroxyl groups is 1. The number of aliphatic carboxylic acids is 1. The Hall–Kier alpha value is -3.71. The molecule has 10 N–H and O–H groups in total. The van der Waals surface area contributed by atoms with Crippen molar-refractivity contribution < 1.29 is 39.3 Å². The number of hydrogen-bond donors (Lipinski definition) is 8. The molecule has 13 nitrogen and oxygen atoms in total. The lowest BCUT2D eigenvalue weighted by Crippen LogP contribution is -2.58. The van der Waals surface area contributed by atoms with E-state index in [1.54, 1.807) is 12.1 Å². The minimum Gasteiger partial charge on any atom is -0.508 e. The van der Waals surface area contributed by atoms with Crippen LogP contribution >= 0.6 is 0 Å². The van der Waals surface area contributed by atoms with Crippen molar-refractivity contribution in [3.05, 3.63) is 29.8 Å². The number of hydrogen-bond acceptors (Lipinski definition) is 8. The molecular formula is C20H29N5O8. The first-order valence-corrected chi connectivity index (χ1v) is 10.0. The van der Waals surface area contributed by atoms with E-state index in [4.69, 9.17) is 16.6 Å². The van der Waals surface area contributed by atoms with Crippen molar-refractivity contribution in [2.24, 2.45) is 11.5 Å². The largest absolute Gasteiger partial charge is 0.508 e. The normalized spacial score (nSPS) is 14.3. The zero-order valence-corrected chi connectivity index (χ0v) is 18.0. The number of carbonyl (C=O) groups is 5. The van der Waals surface area contributed by atoms with Gasteiger partial charge in [0.1, 0.15) is 24.4 Å². The first-order valence-electron chi connectivity index (χ1n) is 10.0. The molecule has 33 heavy (non-hydrogen) atoms. The van der Waals surface area contributed by atoms with E-state index in [0.29, 0.717) is 5.56 Å². The average molecular weight is 467 g/mol. The molecule has 1 rings (SSSR count). The summed E-state index contributed by atoms with van der Waals surface area (Å²) in [5.74, 6) is -4.60. The Labute approximate surface area is 189 Å². The molecule has 1 aromatic carbocycles. The van der Waals surface area contributed by atoms with Gasteiger partial charge in [-0.15, -0.1) is 0 Å². The topological polar surface area (TPSA) is 234 Å². The predicted octanol–water partition coefficient (Wildman–Crippen LogP) is -2.92. The zero-order valence-electron chi connectivity index (χ0n) is 18.0. The highest BCUT2D eigenvalue weighted by molar-refractivity contribution is 5.94. The number of carbonyl (C=O) groups excluding carboxylic acids is 4. The van der Waals surface area contributed by atoms with Gasteiger partial charge in [-0.25, -0.2) is 0 Å². The Morgan fingerprint density at radius 1 is 1.00 bits per heavy atom. The monoisotopic (exact) mass is 467 g/mol. The van der Waals surface area contributed by atoms with E-state index in [1.807, 2.05) is 5.32 Å². The average Bonchev–Trinajstić information content (AvgIpc) is 2.73. The van der Waals surface area contributed by atoms with Crippen LogP contribution in [0.3, 0.4) is 0 Å². The highest BCUT2D eigenvalue weighted by atomic mass is 16.4. The van der Waals surface area contributed by atoms with E-state index < -0.39 is 60.4 Å². The second-order valence-electron chi connectivity index (χ2n) is 7.38. The molecule has 0 fully saturated rings. The van der Waals surface area contributed by atoms with Crippen LogP contribution in [-0.2, 0) is 30.4 Å². The van der Waals surface area contributed by atoms with Gasteiger partial charge in [0.05, 0.1) is 12.1 Å². The van der Waals surface area contributed by atoms with E-state index in [9.17, 15) is 34.2 Å². The Morgan fingerprint density at radius 2 is 1.61 bits per heavy atom. The zero-order chi connectivity index (χ0) is 25.1. The lowest BCUT2D eigenvalue weighted by molar-refractivity contribution is -0.139. The lowest BCUT2D eigenvalue weighted by Gasteiger charge is -2.25. The fraction of sp³-hybridized carbons (Fsp3) is 0.450. The summed E-state index contributed by atoms with van der Waals surface area (Å²) < 4.78 is 0. The standard InChI is InChI=1S/C20H29N5O8/c1-10(26)17(20(33)23-9-16(29)30)25-19(32)14(6-7-15(22)28)24-18(31)13(21)8-11-2-4-12(27)5-3-11/h2-5,10,13-14,17,26-27H,6-9,21H2,1H3,(H2,22,28)(H,23,33)(H,24,31)(H,25,32)(H,29,30). The number of nitrogens with two attached hydrogens (primary N) is 2. The van der Waals surface area contributed by atoms with Crippen molar-refractivity contribution in [3.63, 3.8) is 0 Å². The van der Waals surface area contributed by atoms with E-state index in [0.717, 1.165) is 0 Å². The number of amides is 4. The van der Waals surface area contributed by atoms with Gasteiger partial charge in [-0.3, -0.25) is 24.0 Å². The van der Waals surface area contributed by atoms with Gasteiger partial charge in [-0.1, -0.05) is 12.1 Å². The molecule has 0 aliphatic rings. The van der Waals surface area contributed by atoms with Gasteiger partial charge in [0.15, 0.2) is 0 Å². The quantitative estimate of drug-likeness (QED) is 0.148. The van der Waals surface area contributed by atoms with Gasteiger partial charge in [0.25, 0.3) is 0 Å². The Morgan fingerprint density at radius 3 is 2.12 bits per heavy atom. The first kappa shape index (κ1) is 27.3. The third-order valence-corrected chi connectivity index (χ3v) is 4.52. The summed E-state index contributed by atoms with van der Waals surface area (Å²) >= 11 is 0. The number of rotatable bonds is 13. The number of aliphatic hydroxyl groups is 1. The van der Waals surface area contributed by atoms with Gasteiger partial charge in [0, 0.05) is 6.42 Å². The number of aliphatic hydroxyl groups excluding tert-OH is 1. The molecule has 4 unspecified atom stereocenters.